The maximum atomic E-state index is 13.4. The molecular formula is C13H17FN2. The maximum absolute atomic E-state index is 13.4. The molecule has 16 heavy (non-hydrogen) atoms. The first-order valence-electron chi connectivity index (χ1n) is 5.76. The van der Waals surface area contributed by atoms with Crippen molar-refractivity contribution in [3.05, 3.63) is 36.3 Å². The van der Waals surface area contributed by atoms with Gasteiger partial charge in [-0.25, -0.2) is 4.39 Å². The van der Waals surface area contributed by atoms with Gasteiger partial charge in [-0.2, -0.15) is 0 Å². The summed E-state index contributed by atoms with van der Waals surface area (Å²) in [7, 11) is 0. The number of hydrogen-bond donors (Lipinski definition) is 1. The molecule has 2 rings (SSSR count). The molecule has 3 heteroatoms. The van der Waals surface area contributed by atoms with Crippen molar-refractivity contribution in [1.82, 2.24) is 4.57 Å². The SMILES string of the molecule is NCCCCCn1ccc2c(F)cccc21. The van der Waals surface area contributed by atoms with Gasteiger partial charge in [0.05, 0.1) is 5.52 Å². The zero-order valence-electron chi connectivity index (χ0n) is 9.32. The molecule has 2 N–H and O–H groups in total. The molecule has 2 aromatic rings. The Morgan fingerprint density at radius 2 is 2.00 bits per heavy atom. The van der Waals surface area contributed by atoms with Crippen LogP contribution in [0, 0.1) is 5.82 Å². The number of rotatable bonds is 5. The van der Waals surface area contributed by atoms with E-state index in [0.29, 0.717) is 5.39 Å². The van der Waals surface area contributed by atoms with Gasteiger partial charge in [-0.3, -0.25) is 0 Å². The monoisotopic (exact) mass is 220 g/mol. The third-order valence-corrected chi connectivity index (χ3v) is 2.86. The predicted octanol–water partition coefficient (Wildman–Crippen LogP) is 2.91. The summed E-state index contributed by atoms with van der Waals surface area (Å²) in [5.41, 5.74) is 6.42. The number of unbranched alkanes of at least 4 members (excludes halogenated alkanes) is 2. The van der Waals surface area contributed by atoms with Crippen molar-refractivity contribution in [2.75, 3.05) is 6.54 Å². The molecule has 0 saturated carbocycles. The number of nitrogens with zero attached hydrogens (tertiary/aromatic N) is 1. The largest absolute Gasteiger partial charge is 0.347 e. The van der Waals surface area contributed by atoms with E-state index in [1.807, 2.05) is 18.3 Å². The van der Waals surface area contributed by atoms with Gasteiger partial charge >= 0.3 is 0 Å². The fourth-order valence-electron chi connectivity index (χ4n) is 1.98. The molecule has 0 radical (unpaired) electrons. The van der Waals surface area contributed by atoms with Crippen LogP contribution in [-0.2, 0) is 6.54 Å². The highest BCUT2D eigenvalue weighted by atomic mass is 19.1. The number of nitrogens with two attached hydrogens (primary N) is 1. The lowest BCUT2D eigenvalue weighted by molar-refractivity contribution is 0.603. The zero-order chi connectivity index (χ0) is 11.4. The lowest BCUT2D eigenvalue weighted by Gasteiger charge is -2.04. The molecular weight excluding hydrogens is 203 g/mol. The summed E-state index contributed by atoms with van der Waals surface area (Å²) in [6, 6.07) is 7.06. The van der Waals surface area contributed by atoms with Crippen molar-refractivity contribution in [1.29, 1.82) is 0 Å². The molecule has 1 aromatic carbocycles. The van der Waals surface area contributed by atoms with Gasteiger partial charge in [-0.1, -0.05) is 12.5 Å². The number of hydrogen-bond acceptors (Lipinski definition) is 1. The Labute approximate surface area is 94.9 Å². The molecule has 0 aliphatic heterocycles. The van der Waals surface area contributed by atoms with Crippen LogP contribution in [0.25, 0.3) is 10.9 Å². The van der Waals surface area contributed by atoms with Crippen LogP contribution in [0.3, 0.4) is 0 Å². The van der Waals surface area contributed by atoms with Gasteiger partial charge in [0.1, 0.15) is 5.82 Å². The van der Waals surface area contributed by atoms with Crippen molar-refractivity contribution in [2.45, 2.75) is 25.8 Å². The average molecular weight is 220 g/mol. The molecule has 1 heterocycles. The molecule has 0 unspecified atom stereocenters. The second kappa shape index (κ2) is 5.12. The van der Waals surface area contributed by atoms with Gasteiger partial charge in [0, 0.05) is 18.1 Å². The first-order chi connectivity index (χ1) is 7.83. The second-order valence-electron chi connectivity index (χ2n) is 4.03. The van der Waals surface area contributed by atoms with E-state index in [4.69, 9.17) is 5.73 Å². The summed E-state index contributed by atoms with van der Waals surface area (Å²) in [6.45, 7) is 1.69. The molecule has 0 aliphatic carbocycles. The summed E-state index contributed by atoms with van der Waals surface area (Å²) in [6.07, 6.45) is 5.24. The summed E-state index contributed by atoms with van der Waals surface area (Å²) in [5.74, 6) is -0.141. The molecule has 2 nitrogen and oxygen atoms in total. The standard InChI is InChI=1S/C13H17FN2/c14-12-5-4-6-13-11(12)7-10-16(13)9-3-1-2-8-15/h4-7,10H,1-3,8-9,15H2. The smallest absolute Gasteiger partial charge is 0.132 e. The highest BCUT2D eigenvalue weighted by Gasteiger charge is 2.04. The van der Waals surface area contributed by atoms with Crippen LogP contribution >= 0.6 is 0 Å². The summed E-state index contributed by atoms with van der Waals surface area (Å²) in [4.78, 5) is 0. The maximum Gasteiger partial charge on any atom is 0.132 e. The number of fused-ring (bicyclic) bond motifs is 1. The topological polar surface area (TPSA) is 30.9 Å². The van der Waals surface area contributed by atoms with Gasteiger partial charge in [0.15, 0.2) is 0 Å². The van der Waals surface area contributed by atoms with Crippen LogP contribution in [0.15, 0.2) is 30.5 Å². The predicted molar refractivity (Wildman–Crippen MR) is 64.8 cm³/mol. The van der Waals surface area contributed by atoms with Crippen molar-refractivity contribution >= 4 is 10.9 Å². The van der Waals surface area contributed by atoms with E-state index in [1.165, 1.54) is 6.07 Å². The Morgan fingerprint density at radius 3 is 2.81 bits per heavy atom. The van der Waals surface area contributed by atoms with Crippen LogP contribution in [0.4, 0.5) is 4.39 Å². The lowest BCUT2D eigenvalue weighted by Crippen LogP contribution is -2.00. The van der Waals surface area contributed by atoms with Crippen LogP contribution in [0.1, 0.15) is 19.3 Å². The molecule has 86 valence electrons. The summed E-state index contributed by atoms with van der Waals surface area (Å²) >= 11 is 0. The van der Waals surface area contributed by atoms with Crippen LogP contribution in [0.2, 0.25) is 0 Å². The zero-order valence-corrected chi connectivity index (χ0v) is 9.32. The Kier molecular flexibility index (Phi) is 3.57. The molecule has 0 saturated heterocycles. The summed E-state index contributed by atoms with van der Waals surface area (Å²) < 4.78 is 15.5. The summed E-state index contributed by atoms with van der Waals surface area (Å²) in [5, 5.41) is 0.710. The van der Waals surface area contributed by atoms with E-state index >= 15 is 0 Å². The number of halogens is 1. The van der Waals surface area contributed by atoms with Crippen LogP contribution in [0.5, 0.6) is 0 Å². The number of benzene rings is 1. The van der Waals surface area contributed by atoms with Crippen LogP contribution in [-0.4, -0.2) is 11.1 Å². The second-order valence-corrected chi connectivity index (χ2v) is 4.03. The molecule has 0 spiro atoms. The molecule has 0 amide bonds. The first-order valence-corrected chi connectivity index (χ1v) is 5.76. The van der Waals surface area contributed by atoms with Gasteiger partial charge in [0.2, 0.25) is 0 Å². The van der Waals surface area contributed by atoms with Crippen molar-refractivity contribution in [2.24, 2.45) is 5.73 Å². The van der Waals surface area contributed by atoms with Crippen molar-refractivity contribution < 1.29 is 4.39 Å². The molecule has 1 aromatic heterocycles. The lowest BCUT2D eigenvalue weighted by atomic mass is 10.2. The van der Waals surface area contributed by atoms with E-state index in [0.717, 1.165) is 37.9 Å². The average Bonchev–Trinajstić information content (AvgIpc) is 2.70. The van der Waals surface area contributed by atoms with Gasteiger partial charge in [-0.15, -0.1) is 0 Å². The number of aryl methyl sites for hydroxylation is 1. The Bertz CT molecular complexity index is 462. The quantitative estimate of drug-likeness (QED) is 0.772. The minimum atomic E-state index is -0.141. The Morgan fingerprint density at radius 1 is 1.12 bits per heavy atom. The third-order valence-electron chi connectivity index (χ3n) is 2.86. The third kappa shape index (κ3) is 2.25. The van der Waals surface area contributed by atoms with Crippen molar-refractivity contribution in [3.63, 3.8) is 0 Å². The minimum absolute atomic E-state index is 0.141. The minimum Gasteiger partial charge on any atom is -0.347 e. The molecule has 0 bridgehead atoms. The Balaban J connectivity index is 2.10. The normalized spacial score (nSPS) is 11.1. The van der Waals surface area contributed by atoms with E-state index in [-0.39, 0.29) is 5.82 Å². The highest BCUT2D eigenvalue weighted by molar-refractivity contribution is 5.80. The van der Waals surface area contributed by atoms with E-state index in [9.17, 15) is 4.39 Å². The van der Waals surface area contributed by atoms with Gasteiger partial charge < -0.3 is 10.3 Å². The molecule has 0 aliphatic rings. The number of aromatic nitrogens is 1. The van der Waals surface area contributed by atoms with Gasteiger partial charge in [-0.05, 0) is 37.6 Å². The molecule has 0 fully saturated rings. The first kappa shape index (κ1) is 11.1. The van der Waals surface area contributed by atoms with E-state index < -0.39 is 0 Å². The highest BCUT2D eigenvalue weighted by Crippen LogP contribution is 2.19. The van der Waals surface area contributed by atoms with E-state index in [1.54, 1.807) is 6.07 Å². The fraction of sp³-hybridized carbons (Fsp3) is 0.385. The van der Waals surface area contributed by atoms with Gasteiger partial charge in [0.25, 0.3) is 0 Å². The Hall–Kier alpha value is -1.35. The fourth-order valence-corrected chi connectivity index (χ4v) is 1.98. The van der Waals surface area contributed by atoms with Crippen molar-refractivity contribution in [3.8, 4) is 0 Å². The van der Waals surface area contributed by atoms with E-state index in [2.05, 4.69) is 4.57 Å². The molecule has 0 atom stereocenters. The van der Waals surface area contributed by atoms with Crippen LogP contribution < -0.4 is 5.73 Å².